The van der Waals surface area contributed by atoms with Crippen molar-refractivity contribution >= 4 is 11.9 Å². The lowest BCUT2D eigenvalue weighted by molar-refractivity contribution is -0.143. The number of nitrogens with one attached hydrogen (secondary N) is 1. The number of benzene rings is 1. The van der Waals surface area contributed by atoms with Gasteiger partial charge in [-0.3, -0.25) is 4.79 Å². The normalized spacial score (nSPS) is 19.6. The van der Waals surface area contributed by atoms with Crippen molar-refractivity contribution in [3.8, 4) is 5.75 Å². The van der Waals surface area contributed by atoms with Crippen molar-refractivity contribution in [3.63, 3.8) is 0 Å². The first-order valence-electron chi connectivity index (χ1n) is 6.79. The van der Waals surface area contributed by atoms with Crippen LogP contribution in [0.2, 0.25) is 0 Å². The van der Waals surface area contributed by atoms with E-state index in [-0.39, 0.29) is 18.4 Å². The molecule has 108 valence electrons. The Labute approximate surface area is 117 Å². The van der Waals surface area contributed by atoms with Gasteiger partial charge in [0.2, 0.25) is 5.91 Å². The molecule has 0 aliphatic carbocycles. The van der Waals surface area contributed by atoms with Gasteiger partial charge in [0.25, 0.3) is 0 Å². The third kappa shape index (κ3) is 2.76. The maximum Gasteiger partial charge on any atom is 0.326 e. The Bertz CT molecular complexity index is 514. The van der Waals surface area contributed by atoms with Crippen LogP contribution in [0.3, 0.4) is 0 Å². The zero-order chi connectivity index (χ0) is 14.7. The number of fused-ring (bicyclic) bond motifs is 1. The number of rotatable bonds is 5. The van der Waals surface area contributed by atoms with Crippen LogP contribution in [0.4, 0.5) is 0 Å². The van der Waals surface area contributed by atoms with Crippen LogP contribution >= 0.6 is 0 Å². The van der Waals surface area contributed by atoms with E-state index in [0.717, 1.165) is 5.56 Å². The minimum atomic E-state index is -1.00. The fourth-order valence-corrected chi connectivity index (χ4v) is 2.32. The first-order valence-corrected chi connectivity index (χ1v) is 6.79. The van der Waals surface area contributed by atoms with Crippen molar-refractivity contribution < 1.29 is 19.4 Å². The molecule has 0 radical (unpaired) electrons. The zero-order valence-electron chi connectivity index (χ0n) is 11.6. The maximum atomic E-state index is 12.3. The molecule has 0 saturated heterocycles. The lowest BCUT2D eigenvalue weighted by atomic mass is 9.96. The Morgan fingerprint density at radius 3 is 2.80 bits per heavy atom. The lowest BCUT2D eigenvalue weighted by Crippen LogP contribution is -2.47. The summed E-state index contributed by atoms with van der Waals surface area (Å²) in [4.78, 5) is 23.5. The van der Waals surface area contributed by atoms with E-state index < -0.39 is 17.9 Å². The van der Waals surface area contributed by atoms with Gasteiger partial charge >= 0.3 is 5.97 Å². The number of hydrogen-bond donors (Lipinski definition) is 2. The van der Waals surface area contributed by atoms with E-state index in [1.165, 1.54) is 0 Å². The minimum absolute atomic E-state index is 0.117. The fourth-order valence-electron chi connectivity index (χ4n) is 2.32. The number of carbonyl (C=O) groups excluding carboxylic acids is 1. The van der Waals surface area contributed by atoms with Crippen LogP contribution in [0.5, 0.6) is 5.75 Å². The lowest BCUT2D eigenvalue weighted by Gasteiger charge is -2.21. The molecule has 0 aromatic heterocycles. The van der Waals surface area contributed by atoms with Crippen molar-refractivity contribution in [2.24, 2.45) is 5.92 Å². The monoisotopic (exact) mass is 277 g/mol. The topological polar surface area (TPSA) is 75.6 Å². The highest BCUT2D eigenvalue weighted by atomic mass is 16.5. The molecular formula is C15H19NO4. The van der Waals surface area contributed by atoms with E-state index in [2.05, 4.69) is 5.32 Å². The van der Waals surface area contributed by atoms with E-state index in [0.29, 0.717) is 12.2 Å². The summed E-state index contributed by atoms with van der Waals surface area (Å²) in [6.07, 6.45) is 0.689. The zero-order valence-corrected chi connectivity index (χ0v) is 11.6. The van der Waals surface area contributed by atoms with Gasteiger partial charge in [0.1, 0.15) is 24.3 Å². The second-order valence-corrected chi connectivity index (χ2v) is 5.11. The summed E-state index contributed by atoms with van der Waals surface area (Å²) in [5.74, 6) is -1.14. The molecule has 1 aromatic carbocycles. The molecule has 3 atom stereocenters. The standard InChI is InChI=1S/C15H19NO4/c1-3-9(2)13(15(18)19)16-14(17)11-8-20-12-7-5-4-6-10(11)12/h4-7,9,11,13H,3,8H2,1-2H3,(H,16,17)(H,18,19)/t9-,11?,13-/m0/s1. The summed E-state index contributed by atoms with van der Waals surface area (Å²) in [5.41, 5.74) is 0.818. The van der Waals surface area contributed by atoms with Crippen molar-refractivity contribution in [2.45, 2.75) is 32.2 Å². The quantitative estimate of drug-likeness (QED) is 0.860. The summed E-state index contributed by atoms with van der Waals surface area (Å²) < 4.78 is 5.45. The highest BCUT2D eigenvalue weighted by molar-refractivity contribution is 5.89. The molecule has 0 bridgehead atoms. The van der Waals surface area contributed by atoms with E-state index in [1.807, 2.05) is 38.1 Å². The van der Waals surface area contributed by atoms with Gasteiger partial charge in [-0.25, -0.2) is 4.79 Å². The molecule has 5 nitrogen and oxygen atoms in total. The Morgan fingerprint density at radius 1 is 1.45 bits per heavy atom. The number of hydrogen-bond acceptors (Lipinski definition) is 3. The number of amides is 1. The molecule has 0 saturated carbocycles. The van der Waals surface area contributed by atoms with Crippen molar-refractivity contribution in [3.05, 3.63) is 29.8 Å². The van der Waals surface area contributed by atoms with Crippen molar-refractivity contribution in [1.82, 2.24) is 5.32 Å². The highest BCUT2D eigenvalue weighted by Gasteiger charge is 2.33. The number of ether oxygens (including phenoxy) is 1. The second-order valence-electron chi connectivity index (χ2n) is 5.11. The Hall–Kier alpha value is -2.04. The second kappa shape index (κ2) is 5.94. The number of carbonyl (C=O) groups is 2. The Kier molecular flexibility index (Phi) is 4.27. The van der Waals surface area contributed by atoms with Crippen molar-refractivity contribution in [1.29, 1.82) is 0 Å². The molecule has 1 amide bonds. The van der Waals surface area contributed by atoms with E-state index in [4.69, 9.17) is 4.74 Å². The number of carboxylic acids is 1. The molecule has 1 unspecified atom stereocenters. The molecule has 1 aliphatic heterocycles. The van der Waals surface area contributed by atoms with Gasteiger partial charge < -0.3 is 15.2 Å². The average molecular weight is 277 g/mol. The van der Waals surface area contributed by atoms with Crippen LogP contribution in [0.15, 0.2) is 24.3 Å². The third-order valence-electron chi connectivity index (χ3n) is 3.79. The maximum absolute atomic E-state index is 12.3. The minimum Gasteiger partial charge on any atom is -0.492 e. The van der Waals surface area contributed by atoms with Gasteiger partial charge in [-0.15, -0.1) is 0 Å². The summed E-state index contributed by atoms with van der Waals surface area (Å²) in [6, 6.07) is 6.48. The number of carboxylic acid groups (broad SMARTS) is 1. The predicted molar refractivity (Wildman–Crippen MR) is 73.7 cm³/mol. The van der Waals surface area contributed by atoms with E-state index >= 15 is 0 Å². The van der Waals surface area contributed by atoms with E-state index in [9.17, 15) is 14.7 Å². The van der Waals surface area contributed by atoms with Crippen LogP contribution < -0.4 is 10.1 Å². The van der Waals surface area contributed by atoms with Crippen LogP contribution in [0, 0.1) is 5.92 Å². The van der Waals surface area contributed by atoms with Crippen LogP contribution in [0.25, 0.3) is 0 Å². The van der Waals surface area contributed by atoms with Gasteiger partial charge in [-0.2, -0.15) is 0 Å². The number of aliphatic carboxylic acids is 1. The highest BCUT2D eigenvalue weighted by Crippen LogP contribution is 2.33. The molecule has 2 N–H and O–H groups in total. The molecule has 0 fully saturated rings. The summed E-state index contributed by atoms with van der Waals surface area (Å²) in [6.45, 7) is 3.98. The van der Waals surface area contributed by atoms with Crippen molar-refractivity contribution in [2.75, 3.05) is 6.61 Å². The van der Waals surface area contributed by atoms with E-state index in [1.54, 1.807) is 0 Å². The van der Waals surface area contributed by atoms with Gasteiger partial charge in [0.05, 0.1) is 0 Å². The van der Waals surface area contributed by atoms with Gasteiger partial charge in [-0.05, 0) is 12.0 Å². The first-order chi connectivity index (χ1) is 9.54. The first kappa shape index (κ1) is 14.4. The molecular weight excluding hydrogens is 258 g/mol. The molecule has 1 aliphatic rings. The Morgan fingerprint density at radius 2 is 2.15 bits per heavy atom. The third-order valence-corrected chi connectivity index (χ3v) is 3.79. The summed E-state index contributed by atoms with van der Waals surface area (Å²) >= 11 is 0. The SMILES string of the molecule is CC[C@H](C)[C@H](NC(=O)C1COc2ccccc21)C(=O)O. The largest absolute Gasteiger partial charge is 0.492 e. The van der Waals surface area contributed by atoms with Crippen LogP contribution in [-0.2, 0) is 9.59 Å². The Balaban J connectivity index is 2.11. The molecule has 2 rings (SSSR count). The predicted octanol–water partition coefficient (Wildman–Crippen LogP) is 1.78. The molecule has 0 spiro atoms. The molecule has 5 heteroatoms. The van der Waals surface area contributed by atoms with Gasteiger partial charge in [-0.1, -0.05) is 38.5 Å². The van der Waals surface area contributed by atoms with Gasteiger partial charge in [0.15, 0.2) is 0 Å². The van der Waals surface area contributed by atoms with Crippen LogP contribution in [-0.4, -0.2) is 29.6 Å². The number of para-hydroxylation sites is 1. The van der Waals surface area contributed by atoms with Crippen LogP contribution in [0.1, 0.15) is 31.7 Å². The smallest absolute Gasteiger partial charge is 0.326 e. The molecule has 20 heavy (non-hydrogen) atoms. The van der Waals surface area contributed by atoms with Gasteiger partial charge in [0, 0.05) is 5.56 Å². The average Bonchev–Trinajstić information content (AvgIpc) is 2.87. The molecule has 1 heterocycles. The summed E-state index contributed by atoms with van der Waals surface area (Å²) in [5, 5.41) is 11.8. The molecule has 1 aromatic rings. The summed E-state index contributed by atoms with van der Waals surface area (Å²) in [7, 11) is 0. The fraction of sp³-hybridized carbons (Fsp3) is 0.467.